The maximum Gasteiger partial charge on any atom is 0.217 e. The molecule has 0 fully saturated rings. The Bertz CT molecular complexity index is 1600. The minimum absolute atomic E-state index is 0.459. The number of halogens is 2. The molecule has 1 heterocycles. The Labute approximate surface area is 245 Å². The average molecular weight is 572 g/mol. The first-order chi connectivity index (χ1) is 19.3. The summed E-state index contributed by atoms with van der Waals surface area (Å²) in [6, 6.07) is 31.7. The third kappa shape index (κ3) is 5.72. The molecule has 40 heavy (non-hydrogen) atoms. The molecule has 0 spiro atoms. The van der Waals surface area contributed by atoms with Crippen LogP contribution in [-0.4, -0.2) is 42.7 Å². The SMILES string of the molecule is COc1ncc(-c2ccc(Cl)cc2)cc1C(c1ccc(Cl)cc1)C(O)(CCN(C)C)c1cccc2ccccc12. The molecule has 0 aliphatic carbocycles. The molecule has 0 radical (unpaired) electrons. The number of benzene rings is 4. The fraction of sp³-hybridized carbons (Fsp3) is 0.206. The first kappa shape index (κ1) is 28.1. The van der Waals surface area contributed by atoms with Crippen LogP contribution in [0.2, 0.25) is 10.0 Å². The van der Waals surface area contributed by atoms with E-state index in [1.807, 2.05) is 86.9 Å². The smallest absolute Gasteiger partial charge is 0.217 e. The number of nitrogens with zero attached hydrogens (tertiary/aromatic N) is 2. The number of hydrogen-bond donors (Lipinski definition) is 1. The van der Waals surface area contributed by atoms with E-state index < -0.39 is 11.5 Å². The lowest BCUT2D eigenvalue weighted by atomic mass is 9.70. The van der Waals surface area contributed by atoms with Crippen LogP contribution in [0.25, 0.3) is 21.9 Å². The van der Waals surface area contributed by atoms with Crippen LogP contribution in [0.3, 0.4) is 0 Å². The van der Waals surface area contributed by atoms with Crippen molar-refractivity contribution in [1.29, 1.82) is 0 Å². The van der Waals surface area contributed by atoms with E-state index in [1.165, 1.54) is 0 Å². The number of hydrogen-bond acceptors (Lipinski definition) is 4. The summed E-state index contributed by atoms with van der Waals surface area (Å²) in [6.45, 7) is 0.663. The van der Waals surface area contributed by atoms with E-state index in [2.05, 4.69) is 29.2 Å². The van der Waals surface area contributed by atoms with Crippen LogP contribution in [0.1, 0.15) is 29.0 Å². The van der Waals surface area contributed by atoms with Crippen LogP contribution in [0.15, 0.2) is 103 Å². The molecule has 4 nitrogen and oxygen atoms in total. The minimum atomic E-state index is -1.33. The molecule has 5 rings (SSSR count). The van der Waals surface area contributed by atoms with Gasteiger partial charge in [-0.25, -0.2) is 4.98 Å². The van der Waals surface area contributed by atoms with Gasteiger partial charge in [0.25, 0.3) is 0 Å². The van der Waals surface area contributed by atoms with Gasteiger partial charge in [0.1, 0.15) is 5.60 Å². The van der Waals surface area contributed by atoms with Crippen molar-refractivity contribution in [2.75, 3.05) is 27.7 Å². The summed E-state index contributed by atoms with van der Waals surface area (Å²) < 4.78 is 5.85. The summed E-state index contributed by atoms with van der Waals surface area (Å²) in [6.07, 6.45) is 2.26. The van der Waals surface area contributed by atoms with E-state index >= 15 is 0 Å². The number of rotatable bonds is 9. The summed E-state index contributed by atoms with van der Waals surface area (Å²) in [7, 11) is 5.65. The molecule has 204 valence electrons. The van der Waals surface area contributed by atoms with Crippen LogP contribution in [-0.2, 0) is 5.60 Å². The van der Waals surface area contributed by atoms with E-state index in [0.29, 0.717) is 28.9 Å². The lowest BCUT2D eigenvalue weighted by molar-refractivity contribution is 0.00517. The summed E-state index contributed by atoms with van der Waals surface area (Å²) >= 11 is 12.5. The van der Waals surface area contributed by atoms with Crippen molar-refractivity contribution in [3.63, 3.8) is 0 Å². The zero-order chi connectivity index (χ0) is 28.3. The molecule has 0 bridgehead atoms. The third-order valence-corrected chi connectivity index (χ3v) is 7.94. The molecule has 2 unspecified atom stereocenters. The van der Waals surface area contributed by atoms with Gasteiger partial charge < -0.3 is 14.7 Å². The summed E-state index contributed by atoms with van der Waals surface area (Å²) in [4.78, 5) is 6.81. The Morgan fingerprint density at radius 2 is 1.50 bits per heavy atom. The molecule has 1 N–H and O–H groups in total. The number of fused-ring (bicyclic) bond motifs is 1. The van der Waals surface area contributed by atoms with Gasteiger partial charge >= 0.3 is 0 Å². The van der Waals surface area contributed by atoms with Crippen LogP contribution < -0.4 is 4.74 Å². The van der Waals surface area contributed by atoms with Gasteiger partial charge in [0.2, 0.25) is 5.88 Å². The van der Waals surface area contributed by atoms with Gasteiger partial charge in [0.05, 0.1) is 7.11 Å². The van der Waals surface area contributed by atoms with Gasteiger partial charge in [0, 0.05) is 39.8 Å². The van der Waals surface area contributed by atoms with Gasteiger partial charge in [-0.1, -0.05) is 89.9 Å². The van der Waals surface area contributed by atoms with Crippen molar-refractivity contribution in [2.45, 2.75) is 17.9 Å². The maximum absolute atomic E-state index is 13.1. The molecule has 0 aliphatic heterocycles. The largest absolute Gasteiger partial charge is 0.481 e. The fourth-order valence-corrected chi connectivity index (χ4v) is 5.70. The van der Waals surface area contributed by atoms with Gasteiger partial charge in [0.15, 0.2) is 0 Å². The topological polar surface area (TPSA) is 45.6 Å². The Kier molecular flexibility index (Phi) is 8.43. The zero-order valence-corrected chi connectivity index (χ0v) is 24.3. The molecule has 0 amide bonds. The van der Waals surface area contributed by atoms with E-state index in [9.17, 15) is 5.11 Å². The van der Waals surface area contributed by atoms with Crippen LogP contribution in [0.5, 0.6) is 5.88 Å². The molecule has 0 aliphatic rings. The van der Waals surface area contributed by atoms with Gasteiger partial charge in [-0.05, 0) is 78.3 Å². The number of aliphatic hydroxyl groups is 1. The first-order valence-corrected chi connectivity index (χ1v) is 14.0. The van der Waals surface area contributed by atoms with Crippen molar-refractivity contribution >= 4 is 34.0 Å². The predicted molar refractivity (Wildman–Crippen MR) is 166 cm³/mol. The van der Waals surface area contributed by atoms with Crippen LogP contribution in [0, 0.1) is 0 Å². The normalized spacial score (nSPS) is 13.8. The van der Waals surface area contributed by atoms with Crippen LogP contribution >= 0.6 is 23.2 Å². The summed E-state index contributed by atoms with van der Waals surface area (Å²) in [5.41, 5.74) is 3.09. The van der Waals surface area contributed by atoms with Gasteiger partial charge in [-0.15, -0.1) is 0 Å². The first-order valence-electron chi connectivity index (χ1n) is 13.2. The molecule has 6 heteroatoms. The number of aromatic nitrogens is 1. The number of methoxy groups -OCH3 is 1. The maximum atomic E-state index is 13.1. The van der Waals surface area contributed by atoms with Crippen molar-refractivity contribution in [3.8, 4) is 17.0 Å². The second kappa shape index (κ2) is 12.0. The summed E-state index contributed by atoms with van der Waals surface area (Å²) in [5, 5.41) is 16.5. The highest BCUT2D eigenvalue weighted by Gasteiger charge is 2.43. The highest BCUT2D eigenvalue weighted by atomic mass is 35.5. The highest BCUT2D eigenvalue weighted by Crippen LogP contribution is 2.49. The molecule has 1 aromatic heterocycles. The predicted octanol–water partition coefficient (Wildman–Crippen LogP) is 8.19. The molecule has 0 saturated carbocycles. The second-order valence-electron chi connectivity index (χ2n) is 10.3. The quantitative estimate of drug-likeness (QED) is 0.194. The van der Waals surface area contributed by atoms with Crippen molar-refractivity contribution in [2.24, 2.45) is 0 Å². The van der Waals surface area contributed by atoms with E-state index in [4.69, 9.17) is 32.9 Å². The third-order valence-electron chi connectivity index (χ3n) is 7.44. The second-order valence-corrected chi connectivity index (χ2v) is 11.2. The lowest BCUT2D eigenvalue weighted by Gasteiger charge is -2.39. The fourth-order valence-electron chi connectivity index (χ4n) is 5.45. The monoisotopic (exact) mass is 570 g/mol. The van der Waals surface area contributed by atoms with E-state index in [-0.39, 0.29) is 0 Å². The van der Waals surface area contributed by atoms with Crippen molar-refractivity contribution in [3.05, 3.63) is 130 Å². The van der Waals surface area contributed by atoms with E-state index in [0.717, 1.165) is 38.6 Å². The molecule has 4 aromatic carbocycles. The van der Waals surface area contributed by atoms with Crippen LogP contribution in [0.4, 0.5) is 0 Å². The standard InChI is InChI=1S/C34H32Cl2N2O2/c1-38(2)20-19-34(39,31-10-6-8-24-7-4-5-9-29(24)31)32(25-13-17-28(36)18-14-25)30-21-26(22-37-33(30)40-3)23-11-15-27(35)16-12-23/h4-18,21-22,32,39H,19-20H2,1-3H3. The number of ether oxygens (including phenoxy) is 1. The lowest BCUT2D eigenvalue weighted by Crippen LogP contribution is -2.38. The summed E-state index contributed by atoms with van der Waals surface area (Å²) in [5.74, 6) is -0.0635. The Morgan fingerprint density at radius 1 is 0.850 bits per heavy atom. The number of pyridine rings is 1. The molecule has 5 aromatic rings. The molecular weight excluding hydrogens is 539 g/mol. The minimum Gasteiger partial charge on any atom is -0.481 e. The van der Waals surface area contributed by atoms with Crippen molar-refractivity contribution in [1.82, 2.24) is 9.88 Å². The van der Waals surface area contributed by atoms with Crippen molar-refractivity contribution < 1.29 is 9.84 Å². The zero-order valence-electron chi connectivity index (χ0n) is 22.8. The molecule has 0 saturated heterocycles. The van der Waals surface area contributed by atoms with Gasteiger partial charge in [-0.2, -0.15) is 0 Å². The Balaban J connectivity index is 1.81. The van der Waals surface area contributed by atoms with Gasteiger partial charge in [-0.3, -0.25) is 0 Å². The highest BCUT2D eigenvalue weighted by molar-refractivity contribution is 6.30. The molecule has 2 atom stereocenters. The Hall–Kier alpha value is -3.41. The average Bonchev–Trinajstić information content (AvgIpc) is 2.97. The molecular formula is C34H32Cl2N2O2. The Morgan fingerprint density at radius 3 is 2.17 bits per heavy atom. The van der Waals surface area contributed by atoms with E-state index in [1.54, 1.807) is 13.3 Å².